The van der Waals surface area contributed by atoms with E-state index in [2.05, 4.69) is 22.3 Å². The summed E-state index contributed by atoms with van der Waals surface area (Å²) in [6.07, 6.45) is 7.58. The Balaban J connectivity index is 2.49. The van der Waals surface area contributed by atoms with E-state index in [0.29, 0.717) is 0 Å². The van der Waals surface area contributed by atoms with Crippen molar-refractivity contribution >= 4 is 0 Å². The van der Waals surface area contributed by atoms with Gasteiger partial charge in [-0.05, 0) is 12.1 Å². The number of H-pyrrole nitrogens is 2. The summed E-state index contributed by atoms with van der Waals surface area (Å²) < 4.78 is 2.02. The van der Waals surface area contributed by atoms with Gasteiger partial charge in [-0.15, -0.1) is 0 Å². The Morgan fingerprint density at radius 2 is 1.46 bits per heavy atom. The number of rotatable bonds is 1. The Bertz CT molecular complexity index is 374. The minimum atomic E-state index is 1.14. The molecule has 0 fully saturated rings. The zero-order chi connectivity index (χ0) is 8.93. The van der Waals surface area contributed by atoms with E-state index in [1.54, 1.807) is 0 Å². The van der Waals surface area contributed by atoms with Gasteiger partial charge in [-0.3, -0.25) is 0 Å². The molecule has 0 aliphatic carbocycles. The molecule has 3 heteroatoms. The molecular weight excluding hydrogens is 162 g/mol. The first-order valence-electron chi connectivity index (χ1n) is 4.14. The Morgan fingerprint density at radius 3 is 2.08 bits per heavy atom. The van der Waals surface area contributed by atoms with Crippen molar-refractivity contribution < 1.29 is 0 Å². The number of hydrogen-bond acceptors (Lipinski definition) is 0. The van der Waals surface area contributed by atoms with Crippen LogP contribution in [-0.4, -0.2) is 14.8 Å². The SMILES string of the molecule is c1ccc(-n2cc[nH][nH]cc2)cc1. The van der Waals surface area contributed by atoms with Crippen molar-refractivity contribution in [3.05, 3.63) is 55.1 Å². The Labute approximate surface area is 76.3 Å². The van der Waals surface area contributed by atoms with Crippen molar-refractivity contribution in [1.82, 2.24) is 14.8 Å². The minimum absolute atomic E-state index is 1.14. The molecule has 1 heterocycles. The van der Waals surface area contributed by atoms with Gasteiger partial charge in [-0.25, -0.2) is 0 Å². The molecule has 1 aromatic carbocycles. The van der Waals surface area contributed by atoms with Gasteiger partial charge in [0.2, 0.25) is 0 Å². The summed E-state index contributed by atoms with van der Waals surface area (Å²) in [4.78, 5) is 0. The molecule has 0 saturated heterocycles. The van der Waals surface area contributed by atoms with Crippen LogP contribution in [0.15, 0.2) is 55.1 Å². The fourth-order valence-corrected chi connectivity index (χ4v) is 1.15. The van der Waals surface area contributed by atoms with Crippen LogP contribution >= 0.6 is 0 Å². The molecule has 0 saturated carbocycles. The highest BCUT2D eigenvalue weighted by atomic mass is 15.1. The van der Waals surface area contributed by atoms with Crippen LogP contribution in [0.3, 0.4) is 0 Å². The zero-order valence-electron chi connectivity index (χ0n) is 7.14. The minimum Gasteiger partial charge on any atom is -0.321 e. The van der Waals surface area contributed by atoms with E-state index in [-0.39, 0.29) is 0 Å². The summed E-state index contributed by atoms with van der Waals surface area (Å²) in [5, 5.41) is 5.78. The number of aromatic nitrogens is 3. The first kappa shape index (κ1) is 7.73. The monoisotopic (exact) mass is 173 g/mol. The highest BCUT2D eigenvalue weighted by Crippen LogP contribution is 2.03. The third-order valence-electron chi connectivity index (χ3n) is 1.77. The topological polar surface area (TPSA) is 36.5 Å². The van der Waals surface area contributed by atoms with Crippen molar-refractivity contribution in [3.63, 3.8) is 0 Å². The van der Waals surface area contributed by atoms with Crippen molar-refractivity contribution in [2.75, 3.05) is 0 Å². The first-order chi connectivity index (χ1) is 6.47. The largest absolute Gasteiger partial charge is 0.321 e. The maximum Gasteiger partial charge on any atom is 0.0450 e. The van der Waals surface area contributed by atoms with Crippen LogP contribution < -0.4 is 0 Å². The van der Waals surface area contributed by atoms with E-state index in [9.17, 15) is 0 Å². The normalized spacial score (nSPS) is 9.54. The summed E-state index contributed by atoms with van der Waals surface area (Å²) in [5.74, 6) is 0. The molecule has 0 atom stereocenters. The van der Waals surface area contributed by atoms with Crippen LogP contribution in [0.4, 0.5) is 0 Å². The molecule has 2 aromatic rings. The van der Waals surface area contributed by atoms with E-state index in [1.807, 2.05) is 47.6 Å². The van der Waals surface area contributed by atoms with Crippen LogP contribution in [0.25, 0.3) is 5.69 Å². The predicted octanol–water partition coefficient (Wildman–Crippen LogP) is 2.26. The standard InChI is InChI=1S/C10H11N3/c1-2-4-10(5-3-1)13-8-6-11-12-7-9-13/h1-9,11-12H. The second-order valence-electron chi connectivity index (χ2n) is 2.66. The average molecular weight is 173 g/mol. The molecule has 0 bridgehead atoms. The maximum absolute atomic E-state index is 2.89. The predicted molar refractivity (Wildman–Crippen MR) is 52.1 cm³/mol. The smallest absolute Gasteiger partial charge is 0.0450 e. The summed E-state index contributed by atoms with van der Waals surface area (Å²) in [5.41, 5.74) is 1.14. The van der Waals surface area contributed by atoms with Gasteiger partial charge in [-0.2, -0.15) is 0 Å². The average Bonchev–Trinajstić information content (AvgIpc) is 2.47. The van der Waals surface area contributed by atoms with Crippen LogP contribution in [0.2, 0.25) is 0 Å². The van der Waals surface area contributed by atoms with Gasteiger partial charge < -0.3 is 14.8 Å². The van der Waals surface area contributed by atoms with Crippen LogP contribution in [0, 0.1) is 0 Å². The van der Waals surface area contributed by atoms with Gasteiger partial charge >= 0.3 is 0 Å². The molecule has 3 nitrogen and oxygen atoms in total. The summed E-state index contributed by atoms with van der Waals surface area (Å²) in [6.45, 7) is 0. The molecule has 0 aliphatic rings. The van der Waals surface area contributed by atoms with E-state index >= 15 is 0 Å². The molecule has 2 N–H and O–H groups in total. The molecule has 1 aromatic heterocycles. The number of hydrogen-bond donors (Lipinski definition) is 2. The molecule has 66 valence electrons. The first-order valence-corrected chi connectivity index (χ1v) is 4.14. The molecule has 0 radical (unpaired) electrons. The van der Waals surface area contributed by atoms with E-state index < -0.39 is 0 Å². The van der Waals surface area contributed by atoms with Crippen LogP contribution in [0.1, 0.15) is 0 Å². The van der Waals surface area contributed by atoms with Crippen LogP contribution in [0.5, 0.6) is 0 Å². The fraction of sp³-hybridized carbons (Fsp3) is 0. The number of aromatic amines is 2. The fourth-order valence-electron chi connectivity index (χ4n) is 1.15. The highest BCUT2D eigenvalue weighted by molar-refractivity contribution is 5.30. The third kappa shape index (κ3) is 1.82. The van der Waals surface area contributed by atoms with Crippen molar-refractivity contribution in [2.24, 2.45) is 0 Å². The summed E-state index contributed by atoms with van der Waals surface area (Å²) in [6, 6.07) is 10.1. The number of nitrogens with zero attached hydrogens (tertiary/aromatic N) is 1. The van der Waals surface area contributed by atoms with Crippen molar-refractivity contribution in [3.8, 4) is 5.69 Å². The van der Waals surface area contributed by atoms with Crippen LogP contribution in [-0.2, 0) is 0 Å². The Hall–Kier alpha value is -1.90. The lowest BCUT2D eigenvalue weighted by Gasteiger charge is -2.01. The second kappa shape index (κ2) is 3.67. The highest BCUT2D eigenvalue weighted by Gasteiger charge is 1.87. The lowest BCUT2D eigenvalue weighted by atomic mass is 10.3. The molecule has 0 spiro atoms. The van der Waals surface area contributed by atoms with E-state index in [0.717, 1.165) is 5.69 Å². The third-order valence-corrected chi connectivity index (χ3v) is 1.77. The number of benzene rings is 1. The summed E-state index contributed by atoms with van der Waals surface area (Å²) >= 11 is 0. The lowest BCUT2D eigenvalue weighted by Crippen LogP contribution is -1.89. The quantitative estimate of drug-likeness (QED) is 0.663. The number of nitrogens with one attached hydrogen (secondary N) is 2. The number of para-hydroxylation sites is 1. The van der Waals surface area contributed by atoms with Gasteiger partial charge in [0.1, 0.15) is 0 Å². The lowest BCUT2D eigenvalue weighted by molar-refractivity contribution is 1.05. The van der Waals surface area contributed by atoms with Gasteiger partial charge in [-0.1, -0.05) is 18.2 Å². The summed E-state index contributed by atoms with van der Waals surface area (Å²) in [7, 11) is 0. The van der Waals surface area contributed by atoms with Gasteiger partial charge in [0.05, 0.1) is 0 Å². The Morgan fingerprint density at radius 1 is 0.846 bits per heavy atom. The molecule has 0 unspecified atom stereocenters. The van der Waals surface area contributed by atoms with Gasteiger partial charge in [0.15, 0.2) is 0 Å². The molecule has 2 rings (SSSR count). The van der Waals surface area contributed by atoms with Crippen molar-refractivity contribution in [1.29, 1.82) is 0 Å². The van der Waals surface area contributed by atoms with Gasteiger partial charge in [0.25, 0.3) is 0 Å². The maximum atomic E-state index is 2.89. The van der Waals surface area contributed by atoms with Crippen molar-refractivity contribution in [2.45, 2.75) is 0 Å². The zero-order valence-corrected chi connectivity index (χ0v) is 7.14. The molecule has 0 amide bonds. The molecule has 13 heavy (non-hydrogen) atoms. The van der Waals surface area contributed by atoms with Gasteiger partial charge in [0, 0.05) is 30.5 Å². The second-order valence-corrected chi connectivity index (χ2v) is 2.66. The van der Waals surface area contributed by atoms with E-state index in [4.69, 9.17) is 0 Å². The molecule has 0 aliphatic heterocycles. The molecular formula is C10H11N3. The van der Waals surface area contributed by atoms with E-state index in [1.165, 1.54) is 0 Å². The Kier molecular flexibility index (Phi) is 2.18.